The SMILES string of the molecule is CCCCCCCCCCCCCCCCCC(C[C@@H]1OC(=O)[C@H]1CC)OC(=O)CCCCCC(N)=O. The third-order valence-corrected chi connectivity index (χ3v) is 7.69. The number of primary amides is 1. The smallest absolute Gasteiger partial charge is 0.313 e. The molecule has 1 aliphatic heterocycles. The Kier molecular flexibility index (Phi) is 20.2. The van der Waals surface area contributed by atoms with Crippen LogP contribution in [0.25, 0.3) is 0 Å². The molecule has 2 N–H and O–H groups in total. The van der Waals surface area contributed by atoms with E-state index in [-0.39, 0.29) is 36.0 Å². The summed E-state index contributed by atoms with van der Waals surface area (Å²) in [5.41, 5.74) is 5.16. The van der Waals surface area contributed by atoms with Crippen molar-refractivity contribution in [3.63, 3.8) is 0 Å². The van der Waals surface area contributed by atoms with E-state index in [1.165, 1.54) is 83.5 Å². The second kappa shape index (κ2) is 22.4. The van der Waals surface area contributed by atoms with Crippen molar-refractivity contribution < 1.29 is 23.9 Å². The monoisotopic (exact) mass is 523 g/mol. The molecule has 1 unspecified atom stereocenters. The van der Waals surface area contributed by atoms with Crippen molar-refractivity contribution in [1.82, 2.24) is 0 Å². The summed E-state index contributed by atoms with van der Waals surface area (Å²) in [4.78, 5) is 34.9. The van der Waals surface area contributed by atoms with Crippen molar-refractivity contribution >= 4 is 17.8 Å². The minimum atomic E-state index is -0.299. The number of cyclic esters (lactones) is 1. The van der Waals surface area contributed by atoms with Crippen molar-refractivity contribution in [3.05, 3.63) is 0 Å². The van der Waals surface area contributed by atoms with E-state index >= 15 is 0 Å². The Labute approximate surface area is 227 Å². The Morgan fingerprint density at radius 3 is 1.73 bits per heavy atom. The van der Waals surface area contributed by atoms with Gasteiger partial charge in [0.2, 0.25) is 5.91 Å². The molecule has 0 bridgehead atoms. The first-order valence-corrected chi connectivity index (χ1v) is 15.7. The standard InChI is InChI=1S/C31H57NO5/c1-3-5-6-7-8-9-10-11-12-13-14-15-16-17-19-22-26(25-28-27(4-2)31(35)37-28)36-30(34)24-21-18-20-23-29(32)33/h26-28H,3-25H2,1-2H3,(H2,32,33)/t26?,27-,28-/m0/s1. The molecule has 1 heterocycles. The van der Waals surface area contributed by atoms with Gasteiger partial charge < -0.3 is 15.2 Å². The highest BCUT2D eigenvalue weighted by Crippen LogP contribution is 2.31. The maximum absolute atomic E-state index is 12.4. The second-order valence-corrected chi connectivity index (χ2v) is 11.1. The van der Waals surface area contributed by atoms with Crippen LogP contribution in [-0.2, 0) is 23.9 Å². The maximum Gasteiger partial charge on any atom is 0.313 e. The third-order valence-electron chi connectivity index (χ3n) is 7.69. The van der Waals surface area contributed by atoms with Crippen LogP contribution in [-0.4, -0.2) is 30.1 Å². The first kappa shape index (κ1) is 33.4. The fourth-order valence-corrected chi connectivity index (χ4v) is 5.26. The molecule has 1 rings (SSSR count). The number of nitrogens with two attached hydrogens (primary N) is 1. The molecule has 3 atom stereocenters. The molecule has 6 heteroatoms. The van der Waals surface area contributed by atoms with Gasteiger partial charge >= 0.3 is 11.9 Å². The van der Waals surface area contributed by atoms with E-state index in [1.54, 1.807) is 0 Å². The topological polar surface area (TPSA) is 95.7 Å². The predicted octanol–water partition coefficient (Wildman–Crippen LogP) is 7.94. The lowest BCUT2D eigenvalue weighted by Gasteiger charge is -2.36. The Bertz CT molecular complexity index is 608. The quantitative estimate of drug-likeness (QED) is 0.0917. The van der Waals surface area contributed by atoms with E-state index in [0.717, 1.165) is 32.1 Å². The molecular weight excluding hydrogens is 466 g/mol. The minimum Gasteiger partial charge on any atom is -0.462 e. The van der Waals surface area contributed by atoms with Crippen LogP contribution < -0.4 is 5.73 Å². The molecular formula is C31H57NO5. The van der Waals surface area contributed by atoms with Crippen LogP contribution in [0.4, 0.5) is 0 Å². The second-order valence-electron chi connectivity index (χ2n) is 11.1. The van der Waals surface area contributed by atoms with Crippen LogP contribution in [0, 0.1) is 5.92 Å². The number of esters is 2. The predicted molar refractivity (Wildman–Crippen MR) is 150 cm³/mol. The van der Waals surface area contributed by atoms with E-state index in [2.05, 4.69) is 6.92 Å². The van der Waals surface area contributed by atoms with Gasteiger partial charge in [-0.3, -0.25) is 14.4 Å². The van der Waals surface area contributed by atoms with Crippen molar-refractivity contribution in [3.8, 4) is 0 Å². The van der Waals surface area contributed by atoms with Crippen molar-refractivity contribution in [2.45, 2.75) is 174 Å². The number of carbonyl (C=O) groups is 3. The fourth-order valence-electron chi connectivity index (χ4n) is 5.26. The zero-order valence-electron chi connectivity index (χ0n) is 24.1. The van der Waals surface area contributed by atoms with Crippen LogP contribution in [0.1, 0.15) is 162 Å². The molecule has 1 fully saturated rings. The van der Waals surface area contributed by atoms with E-state index in [4.69, 9.17) is 15.2 Å². The van der Waals surface area contributed by atoms with Crippen LogP contribution in [0.15, 0.2) is 0 Å². The minimum absolute atomic E-state index is 0.0592. The average molecular weight is 524 g/mol. The molecule has 1 amide bonds. The van der Waals surface area contributed by atoms with Gasteiger partial charge in [-0.15, -0.1) is 0 Å². The fraction of sp³-hybridized carbons (Fsp3) is 0.903. The molecule has 0 aromatic carbocycles. The average Bonchev–Trinajstić information content (AvgIpc) is 2.85. The molecule has 1 saturated heterocycles. The van der Waals surface area contributed by atoms with Gasteiger partial charge in [-0.25, -0.2) is 0 Å². The Morgan fingerprint density at radius 2 is 1.24 bits per heavy atom. The van der Waals surface area contributed by atoms with Gasteiger partial charge in [-0.05, 0) is 32.1 Å². The number of ether oxygens (including phenoxy) is 2. The summed E-state index contributed by atoms with van der Waals surface area (Å²) in [7, 11) is 0. The van der Waals surface area contributed by atoms with Gasteiger partial charge in [-0.1, -0.05) is 110 Å². The highest BCUT2D eigenvalue weighted by molar-refractivity contribution is 5.78. The molecule has 0 radical (unpaired) electrons. The first-order chi connectivity index (χ1) is 18.0. The normalized spacial score (nSPS) is 17.7. The highest BCUT2D eigenvalue weighted by atomic mass is 16.6. The largest absolute Gasteiger partial charge is 0.462 e. The summed E-state index contributed by atoms with van der Waals surface area (Å²) in [6.45, 7) is 4.27. The zero-order valence-corrected chi connectivity index (χ0v) is 24.1. The van der Waals surface area contributed by atoms with Gasteiger partial charge in [-0.2, -0.15) is 0 Å². The maximum atomic E-state index is 12.4. The van der Waals surface area contributed by atoms with Gasteiger partial charge in [0.15, 0.2) is 0 Å². The summed E-state index contributed by atoms with van der Waals surface area (Å²) in [5, 5.41) is 0. The number of carbonyl (C=O) groups excluding carboxylic acids is 3. The van der Waals surface area contributed by atoms with Crippen LogP contribution in [0.2, 0.25) is 0 Å². The summed E-state index contributed by atoms with van der Waals surface area (Å²) >= 11 is 0. The summed E-state index contributed by atoms with van der Waals surface area (Å²) in [5.74, 6) is -0.676. The number of rotatable bonds is 26. The molecule has 0 spiro atoms. The van der Waals surface area contributed by atoms with E-state index in [0.29, 0.717) is 32.1 Å². The lowest BCUT2D eigenvalue weighted by Crippen LogP contribution is -2.46. The Morgan fingerprint density at radius 1 is 0.757 bits per heavy atom. The van der Waals surface area contributed by atoms with Gasteiger partial charge in [0.1, 0.15) is 12.2 Å². The lowest BCUT2D eigenvalue weighted by atomic mass is 9.89. The zero-order chi connectivity index (χ0) is 27.1. The molecule has 0 aromatic rings. The summed E-state index contributed by atoms with van der Waals surface area (Å²) in [6, 6.07) is 0. The van der Waals surface area contributed by atoms with Crippen molar-refractivity contribution in [1.29, 1.82) is 0 Å². The Balaban J connectivity index is 2.15. The van der Waals surface area contributed by atoms with Gasteiger partial charge in [0.05, 0.1) is 5.92 Å². The van der Waals surface area contributed by atoms with Gasteiger partial charge in [0, 0.05) is 19.3 Å². The van der Waals surface area contributed by atoms with Crippen LogP contribution in [0.5, 0.6) is 0 Å². The number of hydrogen-bond donors (Lipinski definition) is 1. The van der Waals surface area contributed by atoms with E-state index < -0.39 is 0 Å². The molecule has 0 saturated carbocycles. The first-order valence-electron chi connectivity index (χ1n) is 15.7. The van der Waals surface area contributed by atoms with Gasteiger partial charge in [0.25, 0.3) is 0 Å². The number of amides is 1. The molecule has 216 valence electrons. The van der Waals surface area contributed by atoms with Crippen molar-refractivity contribution in [2.24, 2.45) is 11.7 Å². The number of hydrogen-bond acceptors (Lipinski definition) is 5. The molecule has 37 heavy (non-hydrogen) atoms. The van der Waals surface area contributed by atoms with E-state index in [1.807, 2.05) is 6.92 Å². The van der Waals surface area contributed by atoms with Crippen LogP contribution >= 0.6 is 0 Å². The molecule has 1 aliphatic rings. The number of unbranched alkanes of at least 4 members (excludes halogenated alkanes) is 16. The third kappa shape index (κ3) is 17.5. The summed E-state index contributed by atoms with van der Waals surface area (Å²) in [6.07, 6.45) is 24.7. The van der Waals surface area contributed by atoms with E-state index in [9.17, 15) is 14.4 Å². The Hall–Kier alpha value is -1.59. The lowest BCUT2D eigenvalue weighted by molar-refractivity contribution is -0.189. The highest BCUT2D eigenvalue weighted by Gasteiger charge is 2.42. The molecule has 0 aromatic heterocycles. The van der Waals surface area contributed by atoms with Crippen LogP contribution in [0.3, 0.4) is 0 Å². The van der Waals surface area contributed by atoms with Crippen molar-refractivity contribution in [2.75, 3.05) is 0 Å². The molecule has 0 aliphatic carbocycles. The molecule has 6 nitrogen and oxygen atoms in total. The summed E-state index contributed by atoms with van der Waals surface area (Å²) < 4.78 is 11.2.